The van der Waals surface area contributed by atoms with E-state index in [-0.39, 0.29) is 71.0 Å². The van der Waals surface area contributed by atoms with Crippen molar-refractivity contribution in [2.45, 2.75) is 120 Å². The summed E-state index contributed by atoms with van der Waals surface area (Å²) >= 11 is 0. The number of imide groups is 2. The monoisotopic (exact) mass is 672 g/mol. The van der Waals surface area contributed by atoms with Gasteiger partial charge in [-0.1, -0.05) is 68.2 Å². The fourth-order valence-electron chi connectivity index (χ4n) is 5.03. The fraction of sp³-hybridized carbons (Fsp3) is 0.733. The zero-order valence-electron chi connectivity index (χ0n) is 29.3. The Labute approximate surface area is 316 Å². The van der Waals surface area contributed by atoms with E-state index in [9.17, 15) is 39.0 Å². The molecule has 252 valence electrons. The van der Waals surface area contributed by atoms with Crippen LogP contribution in [0, 0.1) is 22.7 Å². The van der Waals surface area contributed by atoms with Crippen molar-refractivity contribution >= 4 is 47.6 Å². The van der Waals surface area contributed by atoms with Crippen molar-refractivity contribution in [2.24, 2.45) is 32.7 Å². The number of carbonyl (C=O) groups excluding carboxylic acids is 4. The smallest absolute Gasteiger partial charge is 0.861 e. The van der Waals surface area contributed by atoms with Gasteiger partial charge in [-0.15, -0.1) is 0 Å². The number of carboxylic acids is 2. The second kappa shape index (κ2) is 26.2. The molecule has 2 heterocycles. The Morgan fingerprint density at radius 3 is 1.09 bits per heavy atom. The number of hydrogen-bond donors (Lipinski definition) is 4. The van der Waals surface area contributed by atoms with Gasteiger partial charge in [-0.05, 0) is 62.2 Å². The van der Waals surface area contributed by atoms with E-state index in [1.54, 1.807) is 13.8 Å². The number of amides is 6. The van der Waals surface area contributed by atoms with Crippen LogP contribution in [0.25, 0.3) is 0 Å². The molecule has 0 aromatic rings. The molecular formula is C30H50N4Na2O10. The predicted molar refractivity (Wildman–Crippen MR) is 161 cm³/mol. The number of aliphatic carboxylic acids is 2. The maximum atomic E-state index is 11.9. The zero-order valence-corrected chi connectivity index (χ0v) is 33.3. The van der Waals surface area contributed by atoms with Crippen LogP contribution in [0.5, 0.6) is 0 Å². The first-order valence-electron chi connectivity index (χ1n) is 15.2. The second-order valence-corrected chi connectivity index (χ2v) is 10.7. The van der Waals surface area contributed by atoms with Gasteiger partial charge in [0.2, 0.25) is 11.8 Å². The average Bonchev–Trinajstić information content (AvgIpc) is 2.90. The zero-order chi connectivity index (χ0) is 34.7. The van der Waals surface area contributed by atoms with Crippen LogP contribution < -0.4 is 80.0 Å². The van der Waals surface area contributed by atoms with Crippen molar-refractivity contribution in [3.63, 3.8) is 0 Å². The van der Waals surface area contributed by atoms with Gasteiger partial charge in [0.25, 0.3) is 0 Å². The quantitative estimate of drug-likeness (QED) is 0.158. The van der Waals surface area contributed by atoms with Crippen LogP contribution in [0.3, 0.4) is 0 Å². The van der Waals surface area contributed by atoms with Gasteiger partial charge in [0.1, 0.15) is 0 Å². The van der Waals surface area contributed by atoms with Crippen molar-refractivity contribution in [1.82, 2.24) is 10.6 Å². The van der Waals surface area contributed by atoms with Crippen LogP contribution in [0.2, 0.25) is 0 Å². The van der Waals surface area contributed by atoms with E-state index in [1.165, 1.54) is 0 Å². The molecule has 0 bridgehead atoms. The summed E-state index contributed by atoms with van der Waals surface area (Å²) in [5.74, 6) is -3.81. The molecule has 4 atom stereocenters. The SMILES string of the molecule is CCCC(=O)O.CCCC(=O)O.CCCC(C)C1(CC)C(=O)NC(=O)N=C1[O-].CCCC(C)C1(CC)C(=O)NC(=O)N=C1[O-].[Na+].[Na+]. The molecule has 0 saturated carbocycles. The summed E-state index contributed by atoms with van der Waals surface area (Å²) in [7, 11) is 0. The molecule has 0 aliphatic carbocycles. The topological polar surface area (TPSA) is 238 Å². The molecule has 16 heteroatoms. The molecule has 2 aliphatic rings. The first-order chi connectivity index (χ1) is 20.5. The number of carboxylic acid groups (broad SMARTS) is 2. The van der Waals surface area contributed by atoms with E-state index in [2.05, 4.69) is 20.6 Å². The number of aliphatic imine (C=N–C) groups is 2. The maximum absolute atomic E-state index is 11.9. The molecular weight excluding hydrogens is 622 g/mol. The normalized spacial score (nSPS) is 21.1. The Balaban J connectivity index is -0.000000276. The molecule has 2 aliphatic heterocycles. The Kier molecular flexibility index (Phi) is 29.0. The Bertz CT molecular complexity index is 988. The van der Waals surface area contributed by atoms with Gasteiger partial charge in [0.05, 0.1) is 10.8 Å². The average molecular weight is 673 g/mol. The molecule has 0 aromatic carbocycles. The number of carbonyl (C=O) groups is 6. The van der Waals surface area contributed by atoms with E-state index in [1.807, 2.05) is 41.5 Å². The molecule has 14 nitrogen and oxygen atoms in total. The van der Waals surface area contributed by atoms with Gasteiger partial charge in [-0.2, -0.15) is 0 Å². The van der Waals surface area contributed by atoms with E-state index in [4.69, 9.17) is 10.2 Å². The first-order valence-corrected chi connectivity index (χ1v) is 15.2. The van der Waals surface area contributed by atoms with Crippen LogP contribution in [0.15, 0.2) is 9.98 Å². The standard InChI is InChI=1S/2C11H18N2O3.2C4H8O2.2Na/c2*1-4-6-7(3)11(5-2)8(14)12-10(16)13-9(11)15;2*1-2-3-4(5)6;;/h2*7H,4-6H2,1-3H3,(H2,12,13,14,15,16);2*2-3H2,1H3,(H,5,6);;/q;;;;2*+1/p-2. The predicted octanol–water partition coefficient (Wildman–Crippen LogP) is -2.59. The third-order valence-corrected chi connectivity index (χ3v) is 7.59. The minimum absolute atomic E-state index is 0. The van der Waals surface area contributed by atoms with E-state index in [0.29, 0.717) is 25.7 Å². The number of hydrogen-bond acceptors (Lipinski definition) is 8. The molecule has 0 fully saturated rings. The van der Waals surface area contributed by atoms with Crippen LogP contribution in [-0.2, 0) is 19.2 Å². The number of nitrogens with one attached hydrogen (secondary N) is 2. The van der Waals surface area contributed by atoms with Gasteiger partial charge in [-0.25, -0.2) is 19.6 Å². The molecule has 2 rings (SSSR count). The number of rotatable bonds is 12. The Morgan fingerprint density at radius 2 is 0.935 bits per heavy atom. The van der Waals surface area contributed by atoms with Gasteiger partial charge in [0.15, 0.2) is 0 Å². The summed E-state index contributed by atoms with van der Waals surface area (Å²) in [4.78, 5) is 71.5. The Hall–Kier alpha value is -1.84. The number of nitrogens with zero attached hydrogens (tertiary/aromatic N) is 2. The molecule has 46 heavy (non-hydrogen) atoms. The third kappa shape index (κ3) is 15.4. The summed E-state index contributed by atoms with van der Waals surface area (Å²) in [5.41, 5.74) is -2.30. The minimum atomic E-state index is -1.15. The minimum Gasteiger partial charge on any atom is -0.861 e. The van der Waals surface area contributed by atoms with E-state index < -0.39 is 58.4 Å². The Morgan fingerprint density at radius 1 is 0.652 bits per heavy atom. The van der Waals surface area contributed by atoms with Crippen molar-refractivity contribution in [3.05, 3.63) is 0 Å². The molecule has 4 unspecified atom stereocenters. The van der Waals surface area contributed by atoms with Gasteiger partial charge >= 0.3 is 83.1 Å². The van der Waals surface area contributed by atoms with Gasteiger partial charge in [-0.3, -0.25) is 29.8 Å². The summed E-state index contributed by atoms with van der Waals surface area (Å²) in [6.45, 7) is 14.9. The summed E-state index contributed by atoms with van der Waals surface area (Å²) in [6.07, 6.45) is 6.08. The molecule has 0 radical (unpaired) electrons. The van der Waals surface area contributed by atoms with E-state index >= 15 is 0 Å². The largest absolute Gasteiger partial charge is 1.00 e. The molecule has 0 spiro atoms. The van der Waals surface area contributed by atoms with Crippen LogP contribution in [0.4, 0.5) is 9.59 Å². The third-order valence-electron chi connectivity index (χ3n) is 7.59. The molecule has 0 saturated heterocycles. The van der Waals surface area contributed by atoms with Gasteiger partial charge in [0, 0.05) is 12.8 Å². The maximum Gasteiger partial charge on any atom is 1.00 e. The van der Waals surface area contributed by atoms with Crippen molar-refractivity contribution in [3.8, 4) is 0 Å². The van der Waals surface area contributed by atoms with Gasteiger partial charge < -0.3 is 20.4 Å². The summed E-state index contributed by atoms with van der Waals surface area (Å²) in [6, 6.07) is -1.69. The molecule has 6 amide bonds. The molecule has 0 aromatic heterocycles. The fourth-order valence-corrected chi connectivity index (χ4v) is 5.03. The second-order valence-electron chi connectivity index (χ2n) is 10.7. The number of urea groups is 2. The van der Waals surface area contributed by atoms with Crippen LogP contribution in [0.1, 0.15) is 120 Å². The van der Waals surface area contributed by atoms with Crippen molar-refractivity contribution < 1.29 is 108 Å². The van der Waals surface area contributed by atoms with E-state index in [0.717, 1.165) is 38.5 Å². The first kappa shape index (κ1) is 51.0. The van der Waals surface area contributed by atoms with Crippen molar-refractivity contribution in [1.29, 1.82) is 0 Å². The van der Waals surface area contributed by atoms with Crippen LogP contribution in [-0.4, -0.2) is 57.8 Å². The van der Waals surface area contributed by atoms with Crippen LogP contribution >= 0.6 is 0 Å². The summed E-state index contributed by atoms with van der Waals surface area (Å²) in [5, 5.41) is 43.8. The summed E-state index contributed by atoms with van der Waals surface area (Å²) < 4.78 is 0. The van der Waals surface area contributed by atoms with Crippen molar-refractivity contribution in [2.75, 3.05) is 0 Å². The molecule has 4 N–H and O–H groups in total.